The summed E-state index contributed by atoms with van der Waals surface area (Å²) in [5.41, 5.74) is 17.8. The third-order valence-electron chi connectivity index (χ3n) is 7.32. The van der Waals surface area contributed by atoms with Gasteiger partial charge in [-0.25, -0.2) is 19.6 Å². The van der Waals surface area contributed by atoms with Crippen LogP contribution < -0.4 is 11.5 Å². The lowest BCUT2D eigenvalue weighted by atomic mass is 10.1. The molecule has 12 heteroatoms. The number of nitrogen functional groups attached to an aromatic ring is 1. The number of primary amides is 1. The first-order valence-corrected chi connectivity index (χ1v) is 13.7. The van der Waals surface area contributed by atoms with Crippen molar-refractivity contribution in [2.24, 2.45) is 5.73 Å². The summed E-state index contributed by atoms with van der Waals surface area (Å²) in [4.78, 5) is 46.0. The summed E-state index contributed by atoms with van der Waals surface area (Å²) in [6.45, 7) is 0. The van der Waals surface area contributed by atoms with Gasteiger partial charge in [0.25, 0.3) is 0 Å². The number of carbonyl (C=O) groups excluding carboxylic acids is 3. The summed E-state index contributed by atoms with van der Waals surface area (Å²) in [5, 5.41) is 13.3. The molecule has 7 rings (SSSR count). The number of fused-ring (bicyclic) bond motifs is 2. The maximum atomic E-state index is 11.1. The molecular weight excluding hydrogens is 560 g/mol. The van der Waals surface area contributed by atoms with E-state index in [2.05, 4.69) is 28.3 Å². The fourth-order valence-corrected chi connectivity index (χ4v) is 5.13. The van der Waals surface area contributed by atoms with Gasteiger partial charge in [0.15, 0.2) is 29.9 Å². The Bertz CT molecular complexity index is 2060. The molecule has 0 bridgehead atoms. The molecule has 0 radical (unpaired) electrons. The van der Waals surface area contributed by atoms with Gasteiger partial charge < -0.3 is 16.6 Å². The Morgan fingerprint density at radius 1 is 0.955 bits per heavy atom. The number of benzene rings is 2. The van der Waals surface area contributed by atoms with Gasteiger partial charge in [0.2, 0.25) is 5.91 Å². The standard InChI is InChI=1S/C24H19N7O.C8H7NO3/c25-22-19(5-2-10-26-22)23-28-20-8-9-21(30-13-15(14-32)12-27-30)29-24(20)31(23)18-7-6-16-3-1-4-17(16)11-18;9-8(12)5-1-2-7(11)6(3-5)4-10/h2,5-14H,1,3-4H2,(H2,25,26);1-4,11H,(H2,9,12). The van der Waals surface area contributed by atoms with Crippen molar-refractivity contribution in [2.45, 2.75) is 19.3 Å². The van der Waals surface area contributed by atoms with E-state index in [-0.39, 0.29) is 16.9 Å². The van der Waals surface area contributed by atoms with Crippen LogP contribution in [0.5, 0.6) is 5.75 Å². The van der Waals surface area contributed by atoms with E-state index >= 15 is 0 Å². The minimum Gasteiger partial charge on any atom is -0.507 e. The summed E-state index contributed by atoms with van der Waals surface area (Å²) in [6, 6.07) is 17.9. The Hall–Kier alpha value is -6.17. The molecule has 0 spiro atoms. The lowest BCUT2D eigenvalue weighted by Gasteiger charge is -2.12. The monoisotopic (exact) mass is 586 g/mol. The summed E-state index contributed by atoms with van der Waals surface area (Å²) in [7, 11) is 0. The fourth-order valence-electron chi connectivity index (χ4n) is 5.13. The zero-order valence-electron chi connectivity index (χ0n) is 23.3. The number of aromatic nitrogens is 6. The number of aryl methyl sites for hydroxylation is 2. The van der Waals surface area contributed by atoms with Crippen LogP contribution in [0.2, 0.25) is 0 Å². The maximum absolute atomic E-state index is 11.1. The van der Waals surface area contributed by atoms with Crippen molar-refractivity contribution in [1.82, 2.24) is 29.3 Å². The van der Waals surface area contributed by atoms with Gasteiger partial charge in [-0.2, -0.15) is 5.10 Å². The van der Waals surface area contributed by atoms with Crippen molar-refractivity contribution in [3.05, 3.63) is 107 Å². The molecule has 44 heavy (non-hydrogen) atoms. The van der Waals surface area contributed by atoms with E-state index < -0.39 is 5.91 Å². The minimum absolute atomic E-state index is 0.0614. The summed E-state index contributed by atoms with van der Waals surface area (Å²) < 4.78 is 3.61. The van der Waals surface area contributed by atoms with Gasteiger partial charge in [0, 0.05) is 23.6 Å². The molecule has 12 nitrogen and oxygen atoms in total. The summed E-state index contributed by atoms with van der Waals surface area (Å²) >= 11 is 0. The first kappa shape index (κ1) is 28.0. The number of aromatic hydroxyl groups is 1. The molecule has 4 aromatic heterocycles. The number of hydrogen-bond donors (Lipinski definition) is 3. The molecule has 1 aliphatic carbocycles. The highest BCUT2D eigenvalue weighted by atomic mass is 16.3. The van der Waals surface area contributed by atoms with Crippen LogP contribution in [0, 0.1) is 0 Å². The van der Waals surface area contributed by atoms with Gasteiger partial charge >= 0.3 is 0 Å². The number of carbonyl (C=O) groups is 3. The smallest absolute Gasteiger partial charge is 0.248 e. The normalized spacial score (nSPS) is 11.9. The largest absolute Gasteiger partial charge is 0.507 e. The number of nitrogens with two attached hydrogens (primary N) is 2. The third-order valence-corrected chi connectivity index (χ3v) is 7.32. The molecule has 0 aliphatic heterocycles. The van der Waals surface area contributed by atoms with Gasteiger partial charge in [0.1, 0.15) is 17.1 Å². The van der Waals surface area contributed by atoms with E-state index in [9.17, 15) is 14.4 Å². The van der Waals surface area contributed by atoms with E-state index in [0.717, 1.165) is 35.9 Å². The van der Waals surface area contributed by atoms with Crippen molar-refractivity contribution in [1.29, 1.82) is 0 Å². The van der Waals surface area contributed by atoms with Crippen molar-refractivity contribution in [2.75, 3.05) is 5.73 Å². The zero-order valence-corrected chi connectivity index (χ0v) is 23.3. The molecule has 6 aromatic rings. The lowest BCUT2D eigenvalue weighted by Crippen LogP contribution is -2.10. The number of phenols is 1. The van der Waals surface area contributed by atoms with Gasteiger partial charge in [0.05, 0.1) is 22.9 Å². The molecule has 0 atom stereocenters. The van der Waals surface area contributed by atoms with Crippen LogP contribution in [0.25, 0.3) is 34.1 Å². The maximum Gasteiger partial charge on any atom is 0.248 e. The predicted octanol–water partition coefficient (Wildman–Crippen LogP) is 3.86. The molecule has 1 aliphatic rings. The topological polar surface area (TPSA) is 185 Å². The molecular formula is C32H26N8O4. The highest BCUT2D eigenvalue weighted by molar-refractivity contribution is 5.95. The van der Waals surface area contributed by atoms with Crippen LogP contribution in [0.3, 0.4) is 0 Å². The fraction of sp³-hybridized carbons (Fsp3) is 0.0938. The van der Waals surface area contributed by atoms with Crippen molar-refractivity contribution in [3.63, 3.8) is 0 Å². The Morgan fingerprint density at radius 3 is 2.55 bits per heavy atom. The quantitative estimate of drug-likeness (QED) is 0.244. The van der Waals surface area contributed by atoms with Gasteiger partial charge in [-0.15, -0.1) is 0 Å². The van der Waals surface area contributed by atoms with E-state index in [1.165, 1.54) is 41.9 Å². The summed E-state index contributed by atoms with van der Waals surface area (Å²) in [5.74, 6) is 0.905. The van der Waals surface area contributed by atoms with Gasteiger partial charge in [-0.3, -0.25) is 19.0 Å². The second-order valence-corrected chi connectivity index (χ2v) is 10.1. The Morgan fingerprint density at radius 2 is 1.80 bits per heavy atom. The molecule has 1 amide bonds. The van der Waals surface area contributed by atoms with Crippen LogP contribution in [-0.2, 0) is 12.8 Å². The predicted molar refractivity (Wildman–Crippen MR) is 163 cm³/mol. The number of nitrogens with zero attached hydrogens (tertiary/aromatic N) is 6. The van der Waals surface area contributed by atoms with Crippen LogP contribution in [-0.4, -0.2) is 52.9 Å². The first-order valence-electron chi connectivity index (χ1n) is 13.7. The minimum atomic E-state index is -0.627. The number of imidazole rings is 1. The number of amides is 1. The average Bonchev–Trinajstić information content (AvgIpc) is 3.79. The Labute approximate surface area is 250 Å². The van der Waals surface area contributed by atoms with Crippen LogP contribution in [0.4, 0.5) is 5.82 Å². The molecule has 4 heterocycles. The molecule has 0 saturated carbocycles. The second-order valence-electron chi connectivity index (χ2n) is 10.1. The van der Waals surface area contributed by atoms with Gasteiger partial charge in [-0.05, 0) is 85.0 Å². The zero-order chi connectivity index (χ0) is 30.8. The molecule has 0 fully saturated rings. The van der Waals surface area contributed by atoms with Crippen LogP contribution in [0.1, 0.15) is 48.6 Å². The number of hydrogen-bond acceptors (Lipinski definition) is 9. The van der Waals surface area contributed by atoms with Crippen LogP contribution >= 0.6 is 0 Å². The van der Waals surface area contributed by atoms with E-state index in [0.29, 0.717) is 35.0 Å². The number of anilines is 1. The van der Waals surface area contributed by atoms with Gasteiger partial charge in [-0.1, -0.05) is 6.07 Å². The number of pyridine rings is 2. The highest BCUT2D eigenvalue weighted by Crippen LogP contribution is 2.33. The molecule has 5 N–H and O–H groups in total. The van der Waals surface area contributed by atoms with Crippen molar-refractivity contribution >= 4 is 35.5 Å². The SMILES string of the molecule is NC(=O)c1ccc(O)c(C=O)c1.Nc1ncccc1-c1nc2ccc(-n3cc(C=O)cn3)nc2n1-c1ccc2c(c1)CCC2. The highest BCUT2D eigenvalue weighted by Gasteiger charge is 2.20. The van der Waals surface area contributed by atoms with Crippen molar-refractivity contribution < 1.29 is 19.5 Å². The van der Waals surface area contributed by atoms with Crippen molar-refractivity contribution in [3.8, 4) is 28.6 Å². The first-order chi connectivity index (χ1) is 21.4. The molecule has 2 aromatic carbocycles. The molecule has 0 saturated heterocycles. The van der Waals surface area contributed by atoms with Crippen LogP contribution in [0.15, 0.2) is 79.3 Å². The van der Waals surface area contributed by atoms with E-state index in [1.807, 2.05) is 28.8 Å². The summed E-state index contributed by atoms with van der Waals surface area (Å²) in [6.07, 6.45) is 9.41. The third kappa shape index (κ3) is 5.27. The second kappa shape index (κ2) is 11.6. The Balaban J connectivity index is 0.000000242. The lowest BCUT2D eigenvalue weighted by molar-refractivity contribution is 0.0999. The molecule has 0 unspecified atom stereocenters. The molecule has 218 valence electrons. The average molecular weight is 587 g/mol. The Kier molecular flexibility index (Phi) is 7.38. The number of phenolic OH excluding ortho intramolecular Hbond substituents is 1. The van der Waals surface area contributed by atoms with E-state index in [1.54, 1.807) is 17.1 Å². The number of aldehydes is 2. The number of rotatable bonds is 6. The van der Waals surface area contributed by atoms with E-state index in [4.69, 9.17) is 26.5 Å².